The third-order valence-corrected chi connectivity index (χ3v) is 4.07. The van der Waals surface area contributed by atoms with E-state index in [0.29, 0.717) is 29.6 Å². The fourth-order valence-electron chi connectivity index (χ4n) is 2.71. The van der Waals surface area contributed by atoms with E-state index in [9.17, 15) is 9.59 Å². The van der Waals surface area contributed by atoms with Crippen LogP contribution in [0.4, 0.5) is 0 Å². The number of amides is 1. The van der Waals surface area contributed by atoms with Crippen LogP contribution in [0.25, 0.3) is 10.8 Å². The van der Waals surface area contributed by atoms with Crippen molar-refractivity contribution in [1.29, 1.82) is 0 Å². The molecule has 0 unspecified atom stereocenters. The number of hydrogen-bond donors (Lipinski definition) is 1. The molecule has 1 heterocycles. The molecule has 0 aliphatic heterocycles. The molecule has 0 aliphatic carbocycles. The number of carbonyl (C=O) groups is 1. The highest BCUT2D eigenvalue weighted by atomic mass is 16.5. The van der Waals surface area contributed by atoms with E-state index in [1.165, 1.54) is 10.2 Å². The second-order valence-electron chi connectivity index (χ2n) is 6.11. The van der Waals surface area contributed by atoms with Crippen LogP contribution < -0.4 is 15.6 Å². The number of benzene rings is 2. The zero-order valence-electron chi connectivity index (χ0n) is 14.9. The first-order valence-corrected chi connectivity index (χ1v) is 8.45. The summed E-state index contributed by atoms with van der Waals surface area (Å²) in [6, 6.07) is 14.9. The summed E-state index contributed by atoms with van der Waals surface area (Å²) in [5, 5.41) is 8.33. The number of nitrogens with one attached hydrogen (secondary N) is 1. The summed E-state index contributed by atoms with van der Waals surface area (Å²) < 4.78 is 6.86. The van der Waals surface area contributed by atoms with Crippen molar-refractivity contribution in [3.8, 4) is 5.75 Å². The zero-order valence-corrected chi connectivity index (χ0v) is 14.9. The van der Waals surface area contributed by atoms with Crippen LogP contribution in [0.1, 0.15) is 11.3 Å². The maximum atomic E-state index is 12.2. The van der Waals surface area contributed by atoms with Gasteiger partial charge in [0.15, 0.2) is 0 Å². The molecule has 3 rings (SSSR count). The van der Waals surface area contributed by atoms with Gasteiger partial charge < -0.3 is 10.1 Å². The van der Waals surface area contributed by atoms with Crippen LogP contribution in [0.3, 0.4) is 0 Å². The maximum absolute atomic E-state index is 12.2. The van der Waals surface area contributed by atoms with Crippen molar-refractivity contribution in [3.63, 3.8) is 0 Å². The summed E-state index contributed by atoms with van der Waals surface area (Å²) in [6.45, 7) is 2.80. The van der Waals surface area contributed by atoms with E-state index in [4.69, 9.17) is 4.74 Å². The highest BCUT2D eigenvalue weighted by Gasteiger charge is 2.12. The fourth-order valence-corrected chi connectivity index (χ4v) is 2.71. The van der Waals surface area contributed by atoms with Crippen molar-refractivity contribution < 1.29 is 9.53 Å². The van der Waals surface area contributed by atoms with E-state index in [-0.39, 0.29) is 17.9 Å². The first kappa shape index (κ1) is 17.7. The molecule has 0 radical (unpaired) electrons. The van der Waals surface area contributed by atoms with Crippen LogP contribution in [0.5, 0.6) is 5.75 Å². The van der Waals surface area contributed by atoms with Gasteiger partial charge in [0.2, 0.25) is 5.91 Å². The molecule has 26 heavy (non-hydrogen) atoms. The molecule has 1 N–H and O–H groups in total. The van der Waals surface area contributed by atoms with Crippen LogP contribution in [-0.2, 0) is 18.3 Å². The van der Waals surface area contributed by atoms with E-state index in [2.05, 4.69) is 10.4 Å². The lowest BCUT2D eigenvalue weighted by Gasteiger charge is -2.10. The lowest BCUT2D eigenvalue weighted by Crippen LogP contribution is -2.31. The SMILES string of the molecule is Cc1ccc(OCCNC(=O)Cc2nn(C)c(=O)c3ccccc23)cc1. The molecule has 3 aromatic rings. The summed E-state index contributed by atoms with van der Waals surface area (Å²) >= 11 is 0. The molecule has 0 atom stereocenters. The molecule has 0 aliphatic rings. The van der Waals surface area contributed by atoms with Crippen LogP contribution in [0.15, 0.2) is 53.3 Å². The first-order chi connectivity index (χ1) is 12.5. The van der Waals surface area contributed by atoms with Crippen LogP contribution >= 0.6 is 0 Å². The average molecular weight is 351 g/mol. The summed E-state index contributed by atoms with van der Waals surface area (Å²) in [5.74, 6) is 0.615. The molecule has 0 bridgehead atoms. The number of nitrogens with zero attached hydrogens (tertiary/aromatic N) is 2. The summed E-state index contributed by atoms with van der Waals surface area (Å²) in [5.41, 5.74) is 1.58. The Labute approximate surface area is 151 Å². The van der Waals surface area contributed by atoms with Gasteiger partial charge in [0, 0.05) is 12.4 Å². The van der Waals surface area contributed by atoms with Gasteiger partial charge in [-0.15, -0.1) is 0 Å². The van der Waals surface area contributed by atoms with E-state index in [1.807, 2.05) is 43.3 Å². The maximum Gasteiger partial charge on any atom is 0.274 e. The smallest absolute Gasteiger partial charge is 0.274 e. The molecule has 2 aromatic carbocycles. The minimum absolute atomic E-state index is 0.110. The Bertz CT molecular complexity index is 978. The molecule has 1 amide bonds. The standard InChI is InChI=1S/C20H21N3O3/c1-14-7-9-15(10-8-14)26-12-11-21-19(24)13-18-16-5-3-4-6-17(16)20(25)23(2)22-18/h3-10H,11-13H2,1-2H3,(H,21,24). The molecule has 0 spiro atoms. The van der Waals surface area contributed by atoms with Gasteiger partial charge in [-0.25, -0.2) is 4.68 Å². The van der Waals surface area contributed by atoms with Crippen molar-refractivity contribution in [2.24, 2.45) is 7.05 Å². The summed E-state index contributed by atoms with van der Waals surface area (Å²) in [6.07, 6.45) is 0.110. The van der Waals surface area contributed by atoms with E-state index in [1.54, 1.807) is 19.2 Å². The van der Waals surface area contributed by atoms with Gasteiger partial charge in [0.25, 0.3) is 5.56 Å². The van der Waals surface area contributed by atoms with Gasteiger partial charge in [0.05, 0.1) is 24.0 Å². The molecular weight excluding hydrogens is 330 g/mol. The topological polar surface area (TPSA) is 73.2 Å². The van der Waals surface area contributed by atoms with Crippen LogP contribution in [0.2, 0.25) is 0 Å². The number of aryl methyl sites for hydroxylation is 2. The predicted molar refractivity (Wildman–Crippen MR) is 100 cm³/mol. The Morgan fingerprint density at radius 2 is 1.81 bits per heavy atom. The number of fused-ring (bicyclic) bond motifs is 1. The van der Waals surface area contributed by atoms with Crippen LogP contribution in [0, 0.1) is 6.92 Å². The van der Waals surface area contributed by atoms with Gasteiger partial charge >= 0.3 is 0 Å². The monoisotopic (exact) mass is 351 g/mol. The number of ether oxygens (including phenoxy) is 1. The minimum Gasteiger partial charge on any atom is -0.492 e. The first-order valence-electron chi connectivity index (χ1n) is 8.45. The van der Waals surface area contributed by atoms with Gasteiger partial charge in [-0.2, -0.15) is 5.10 Å². The Hall–Kier alpha value is -3.15. The van der Waals surface area contributed by atoms with Crippen molar-refractivity contribution in [3.05, 3.63) is 70.1 Å². The molecule has 134 valence electrons. The second kappa shape index (κ2) is 7.82. The quantitative estimate of drug-likeness (QED) is 0.689. The Kier molecular flexibility index (Phi) is 5.31. The molecule has 6 heteroatoms. The molecule has 0 saturated carbocycles. The largest absolute Gasteiger partial charge is 0.492 e. The fraction of sp³-hybridized carbons (Fsp3) is 0.250. The molecular formula is C20H21N3O3. The number of carbonyl (C=O) groups excluding carboxylic acids is 1. The minimum atomic E-state index is -0.170. The van der Waals surface area contributed by atoms with Gasteiger partial charge in [0.1, 0.15) is 12.4 Å². The second-order valence-corrected chi connectivity index (χ2v) is 6.11. The van der Waals surface area contributed by atoms with Crippen molar-refractivity contribution in [1.82, 2.24) is 15.1 Å². The Balaban J connectivity index is 1.58. The van der Waals surface area contributed by atoms with Gasteiger partial charge in [-0.3, -0.25) is 9.59 Å². The van der Waals surface area contributed by atoms with Gasteiger partial charge in [-0.1, -0.05) is 35.9 Å². The molecule has 0 fully saturated rings. The van der Waals surface area contributed by atoms with Crippen molar-refractivity contribution in [2.45, 2.75) is 13.3 Å². The third kappa shape index (κ3) is 4.08. The van der Waals surface area contributed by atoms with Gasteiger partial charge in [-0.05, 0) is 25.1 Å². The number of rotatable bonds is 6. The number of aromatic nitrogens is 2. The molecule has 6 nitrogen and oxygen atoms in total. The summed E-state index contributed by atoms with van der Waals surface area (Å²) in [4.78, 5) is 24.3. The third-order valence-electron chi connectivity index (χ3n) is 4.07. The Morgan fingerprint density at radius 3 is 2.54 bits per heavy atom. The Morgan fingerprint density at radius 1 is 1.12 bits per heavy atom. The predicted octanol–water partition coefficient (Wildman–Crippen LogP) is 1.98. The zero-order chi connectivity index (χ0) is 18.5. The average Bonchev–Trinajstić information content (AvgIpc) is 2.64. The lowest BCUT2D eigenvalue weighted by atomic mass is 10.1. The lowest BCUT2D eigenvalue weighted by molar-refractivity contribution is -0.120. The molecule has 0 saturated heterocycles. The van der Waals surface area contributed by atoms with Crippen LogP contribution in [-0.4, -0.2) is 28.8 Å². The van der Waals surface area contributed by atoms with E-state index in [0.717, 1.165) is 5.75 Å². The number of hydrogen-bond acceptors (Lipinski definition) is 4. The van der Waals surface area contributed by atoms with E-state index < -0.39 is 0 Å². The van der Waals surface area contributed by atoms with Crippen molar-refractivity contribution >= 4 is 16.7 Å². The highest BCUT2D eigenvalue weighted by Crippen LogP contribution is 2.13. The normalized spacial score (nSPS) is 10.7. The van der Waals surface area contributed by atoms with Crippen molar-refractivity contribution in [2.75, 3.05) is 13.2 Å². The van der Waals surface area contributed by atoms with E-state index >= 15 is 0 Å². The molecule has 1 aromatic heterocycles. The summed E-state index contributed by atoms with van der Waals surface area (Å²) in [7, 11) is 1.59. The highest BCUT2D eigenvalue weighted by molar-refractivity contribution is 5.88.